The van der Waals surface area contributed by atoms with Crippen LogP contribution in [0.5, 0.6) is 0 Å². The number of nitrogens with zero attached hydrogens (tertiary/aromatic N) is 1. The normalized spacial score (nSPS) is 13.0. The van der Waals surface area contributed by atoms with Crippen molar-refractivity contribution in [2.24, 2.45) is 0 Å². The molecule has 0 saturated heterocycles. The third-order valence-electron chi connectivity index (χ3n) is 4.74. The molecule has 0 fully saturated rings. The van der Waals surface area contributed by atoms with E-state index >= 15 is 0 Å². The summed E-state index contributed by atoms with van der Waals surface area (Å²) >= 11 is 0. The second-order valence-corrected chi connectivity index (χ2v) is 6.15. The predicted octanol–water partition coefficient (Wildman–Crippen LogP) is 4.67. The standard InChI is InChI=1S/C20H24NO2/c1-4-5-6-7-13-21-14(2)15-11-12-17(20(22)23-3)16-9-8-10-18(21)19(15)16/h8-12H,4-7,13H2,1-3H3/q+1. The van der Waals surface area contributed by atoms with Crippen molar-refractivity contribution in [3.05, 3.63) is 41.5 Å². The molecule has 0 bridgehead atoms. The number of carbonyl (C=O) groups excluding carboxylic acids is 1. The van der Waals surface area contributed by atoms with E-state index < -0.39 is 0 Å². The van der Waals surface area contributed by atoms with Crippen LogP contribution < -0.4 is 0 Å². The lowest BCUT2D eigenvalue weighted by Gasteiger charge is -2.05. The monoisotopic (exact) mass is 310 g/mol. The zero-order valence-electron chi connectivity index (χ0n) is 14.2. The van der Waals surface area contributed by atoms with E-state index in [4.69, 9.17) is 4.74 Å². The van der Waals surface area contributed by atoms with Gasteiger partial charge in [0.05, 0.1) is 23.6 Å². The lowest BCUT2D eigenvalue weighted by Crippen LogP contribution is -2.12. The Labute approximate surface area is 137 Å². The SMILES string of the molecule is CCCCCC[N+]1=C(C)c2ccc(C(=O)OC)c3cccc1c23. The van der Waals surface area contributed by atoms with E-state index in [1.807, 2.05) is 18.2 Å². The Bertz CT molecular complexity index is 790. The number of rotatable bonds is 6. The highest BCUT2D eigenvalue weighted by molar-refractivity contribution is 6.18. The molecule has 0 saturated carbocycles. The van der Waals surface area contributed by atoms with Crippen molar-refractivity contribution < 1.29 is 14.1 Å². The first-order chi connectivity index (χ1) is 11.2. The van der Waals surface area contributed by atoms with Gasteiger partial charge < -0.3 is 4.74 Å². The molecule has 120 valence electrons. The van der Waals surface area contributed by atoms with Crippen LogP contribution in [-0.4, -0.2) is 29.9 Å². The van der Waals surface area contributed by atoms with E-state index in [9.17, 15) is 4.79 Å². The van der Waals surface area contributed by atoms with Crippen molar-refractivity contribution in [1.82, 2.24) is 0 Å². The topological polar surface area (TPSA) is 29.3 Å². The van der Waals surface area contributed by atoms with E-state index in [1.165, 1.54) is 55.1 Å². The predicted molar refractivity (Wildman–Crippen MR) is 94.0 cm³/mol. The molecular weight excluding hydrogens is 286 g/mol. The zero-order valence-corrected chi connectivity index (χ0v) is 14.2. The van der Waals surface area contributed by atoms with Gasteiger partial charge in [0, 0.05) is 24.8 Å². The molecule has 2 aromatic rings. The molecule has 1 aliphatic rings. The molecule has 0 atom stereocenters. The fraction of sp³-hybridized carbons (Fsp3) is 0.400. The molecule has 2 aromatic carbocycles. The Morgan fingerprint density at radius 3 is 2.70 bits per heavy atom. The van der Waals surface area contributed by atoms with Crippen molar-refractivity contribution in [2.75, 3.05) is 13.7 Å². The van der Waals surface area contributed by atoms with E-state index in [-0.39, 0.29) is 5.97 Å². The van der Waals surface area contributed by atoms with E-state index in [0.717, 1.165) is 11.9 Å². The number of carbonyl (C=O) groups is 1. The molecule has 3 nitrogen and oxygen atoms in total. The van der Waals surface area contributed by atoms with Crippen LogP contribution in [0.15, 0.2) is 30.3 Å². The number of esters is 1. The van der Waals surface area contributed by atoms with Gasteiger partial charge in [-0.25, -0.2) is 4.79 Å². The third kappa shape index (κ3) is 2.65. The fourth-order valence-electron chi connectivity index (χ4n) is 3.51. The molecule has 0 aromatic heterocycles. The Kier molecular flexibility index (Phi) is 4.46. The summed E-state index contributed by atoms with van der Waals surface area (Å²) < 4.78 is 7.33. The maximum absolute atomic E-state index is 12.0. The van der Waals surface area contributed by atoms with Gasteiger partial charge >= 0.3 is 5.97 Å². The van der Waals surface area contributed by atoms with Crippen LogP contribution in [0, 0.1) is 0 Å². The third-order valence-corrected chi connectivity index (χ3v) is 4.74. The Morgan fingerprint density at radius 1 is 1.13 bits per heavy atom. The Morgan fingerprint density at radius 2 is 1.96 bits per heavy atom. The fourth-order valence-corrected chi connectivity index (χ4v) is 3.51. The summed E-state index contributed by atoms with van der Waals surface area (Å²) in [7, 11) is 1.43. The number of unbranched alkanes of at least 4 members (excludes halogenated alkanes) is 3. The van der Waals surface area contributed by atoms with Gasteiger partial charge in [0.15, 0.2) is 5.71 Å². The number of hydrogen-bond donors (Lipinski definition) is 0. The summed E-state index contributed by atoms with van der Waals surface area (Å²) in [6.07, 6.45) is 5.00. The number of hydrogen-bond acceptors (Lipinski definition) is 2. The maximum Gasteiger partial charge on any atom is 0.338 e. The van der Waals surface area contributed by atoms with Crippen LogP contribution in [-0.2, 0) is 4.74 Å². The number of benzene rings is 2. The highest BCUT2D eigenvalue weighted by atomic mass is 16.5. The van der Waals surface area contributed by atoms with E-state index in [0.29, 0.717) is 5.56 Å². The molecule has 23 heavy (non-hydrogen) atoms. The summed E-state index contributed by atoms with van der Waals surface area (Å²) in [5, 5.41) is 2.17. The molecule has 0 unspecified atom stereocenters. The number of ether oxygens (including phenoxy) is 1. The lowest BCUT2D eigenvalue weighted by molar-refractivity contribution is -0.437. The van der Waals surface area contributed by atoms with Crippen molar-refractivity contribution in [2.45, 2.75) is 39.5 Å². The van der Waals surface area contributed by atoms with Gasteiger partial charge in [0.2, 0.25) is 5.69 Å². The second-order valence-electron chi connectivity index (χ2n) is 6.15. The van der Waals surface area contributed by atoms with Crippen molar-refractivity contribution in [1.29, 1.82) is 0 Å². The largest absolute Gasteiger partial charge is 0.465 e. The van der Waals surface area contributed by atoms with Crippen LogP contribution in [0.1, 0.15) is 55.5 Å². The average Bonchev–Trinajstić information content (AvgIpc) is 2.85. The molecule has 0 spiro atoms. The summed E-state index contributed by atoms with van der Waals surface area (Å²) in [6.45, 7) is 5.44. The number of methoxy groups -OCH3 is 1. The van der Waals surface area contributed by atoms with Crippen LogP contribution in [0.3, 0.4) is 0 Å². The van der Waals surface area contributed by atoms with Gasteiger partial charge in [-0.2, -0.15) is 4.58 Å². The van der Waals surface area contributed by atoms with Crippen LogP contribution in [0.25, 0.3) is 10.8 Å². The smallest absolute Gasteiger partial charge is 0.338 e. The molecule has 3 heteroatoms. The molecule has 1 heterocycles. The van der Waals surface area contributed by atoms with Gasteiger partial charge in [-0.15, -0.1) is 0 Å². The molecule has 1 aliphatic heterocycles. The first-order valence-electron chi connectivity index (χ1n) is 8.44. The molecule has 0 N–H and O–H groups in total. The highest BCUT2D eigenvalue weighted by Gasteiger charge is 2.30. The quantitative estimate of drug-likeness (QED) is 0.441. The Hall–Kier alpha value is -2.16. The van der Waals surface area contributed by atoms with Crippen molar-refractivity contribution in [3.63, 3.8) is 0 Å². The minimum atomic E-state index is -0.271. The summed E-state index contributed by atoms with van der Waals surface area (Å²) in [5.74, 6) is -0.271. The van der Waals surface area contributed by atoms with Gasteiger partial charge in [-0.1, -0.05) is 31.9 Å². The minimum Gasteiger partial charge on any atom is -0.465 e. The second kappa shape index (κ2) is 6.53. The van der Waals surface area contributed by atoms with Crippen LogP contribution in [0.4, 0.5) is 5.69 Å². The van der Waals surface area contributed by atoms with E-state index in [2.05, 4.69) is 30.6 Å². The average molecular weight is 310 g/mol. The van der Waals surface area contributed by atoms with Crippen LogP contribution in [0.2, 0.25) is 0 Å². The highest BCUT2D eigenvalue weighted by Crippen LogP contribution is 2.37. The lowest BCUT2D eigenvalue weighted by atomic mass is 9.98. The minimum absolute atomic E-state index is 0.271. The van der Waals surface area contributed by atoms with Gasteiger partial charge in [-0.05, 0) is 18.6 Å². The Balaban J connectivity index is 2.03. The van der Waals surface area contributed by atoms with Crippen molar-refractivity contribution >= 4 is 28.1 Å². The molecule has 3 rings (SSSR count). The zero-order chi connectivity index (χ0) is 16.4. The van der Waals surface area contributed by atoms with Crippen LogP contribution >= 0.6 is 0 Å². The first kappa shape index (κ1) is 15.7. The van der Waals surface area contributed by atoms with Gasteiger partial charge in [0.25, 0.3) is 0 Å². The summed E-state index contributed by atoms with van der Waals surface area (Å²) in [4.78, 5) is 12.0. The van der Waals surface area contributed by atoms with Crippen molar-refractivity contribution in [3.8, 4) is 0 Å². The molecule has 0 aliphatic carbocycles. The first-order valence-corrected chi connectivity index (χ1v) is 8.44. The van der Waals surface area contributed by atoms with E-state index in [1.54, 1.807) is 0 Å². The summed E-state index contributed by atoms with van der Waals surface area (Å²) in [6, 6.07) is 10.1. The van der Waals surface area contributed by atoms with Gasteiger partial charge in [0.1, 0.15) is 6.54 Å². The maximum atomic E-state index is 12.0. The molecular formula is C20H24NO2+. The summed E-state index contributed by atoms with van der Waals surface area (Å²) in [5.41, 5.74) is 4.38. The molecule has 0 amide bonds. The molecule has 0 radical (unpaired) electrons. The van der Waals surface area contributed by atoms with Gasteiger partial charge in [-0.3, -0.25) is 0 Å².